The molecule has 3 aromatic heterocycles. The summed E-state index contributed by atoms with van der Waals surface area (Å²) >= 11 is 5.92. The third-order valence-corrected chi connectivity index (χ3v) is 7.14. The number of hydrogen-bond donors (Lipinski definition) is 1. The van der Waals surface area contributed by atoms with Gasteiger partial charge in [-0.2, -0.15) is 0 Å². The fraction of sp³-hybridized carbons (Fsp3) is 0.250. The van der Waals surface area contributed by atoms with E-state index in [1.807, 2.05) is 36.7 Å². The lowest BCUT2D eigenvalue weighted by molar-refractivity contribution is 0.122. The van der Waals surface area contributed by atoms with Crippen molar-refractivity contribution in [3.05, 3.63) is 108 Å². The van der Waals surface area contributed by atoms with Gasteiger partial charge in [0.25, 0.3) is 0 Å². The summed E-state index contributed by atoms with van der Waals surface area (Å²) in [5, 5.41) is 4.26. The Kier molecular flexibility index (Phi) is 6.36. The smallest absolute Gasteiger partial charge is 0.174 e. The van der Waals surface area contributed by atoms with Crippen molar-refractivity contribution in [1.82, 2.24) is 19.9 Å². The predicted octanol–water partition coefficient (Wildman–Crippen LogP) is 4.34. The number of aromatic nitrogens is 3. The molecule has 5 heterocycles. The Morgan fingerprint density at radius 3 is 2.33 bits per heavy atom. The van der Waals surface area contributed by atoms with E-state index in [9.17, 15) is 0 Å². The van der Waals surface area contributed by atoms with Gasteiger partial charge in [0.2, 0.25) is 0 Å². The van der Waals surface area contributed by atoms with Crippen molar-refractivity contribution in [2.75, 3.05) is 36.1 Å². The molecule has 182 valence electrons. The van der Waals surface area contributed by atoms with E-state index in [1.165, 1.54) is 5.69 Å². The maximum atomic E-state index is 5.92. The number of nitrogens with one attached hydrogen (secondary N) is 1. The summed E-state index contributed by atoms with van der Waals surface area (Å²) in [6.07, 6.45) is 5.79. The van der Waals surface area contributed by atoms with Crippen molar-refractivity contribution in [3.63, 3.8) is 0 Å². The highest BCUT2D eigenvalue weighted by Crippen LogP contribution is 2.42. The van der Waals surface area contributed by atoms with Crippen LogP contribution in [-0.4, -0.2) is 46.0 Å². The molecule has 7 nitrogen and oxygen atoms in total. The number of ether oxygens (including phenoxy) is 1. The Hall–Kier alpha value is -3.75. The molecule has 4 aromatic rings. The van der Waals surface area contributed by atoms with Crippen LogP contribution in [0.25, 0.3) is 0 Å². The molecule has 1 N–H and O–H groups in total. The molecular weight excluding hydrogens is 468 g/mol. The molecule has 2 aliphatic heterocycles. The molecule has 0 aliphatic carbocycles. The fourth-order valence-corrected chi connectivity index (χ4v) is 5.43. The predicted molar refractivity (Wildman–Crippen MR) is 145 cm³/mol. The van der Waals surface area contributed by atoms with Crippen LogP contribution >= 0.6 is 12.2 Å². The van der Waals surface area contributed by atoms with Crippen molar-refractivity contribution in [2.24, 2.45) is 0 Å². The third kappa shape index (κ3) is 4.45. The minimum absolute atomic E-state index is 0.0691. The molecule has 8 heteroatoms. The lowest BCUT2D eigenvalue weighted by atomic mass is 10.0. The molecule has 2 saturated heterocycles. The van der Waals surface area contributed by atoms with Crippen molar-refractivity contribution in [2.45, 2.75) is 18.6 Å². The minimum Gasteiger partial charge on any atom is -0.378 e. The first kappa shape index (κ1) is 22.7. The Morgan fingerprint density at radius 1 is 0.861 bits per heavy atom. The van der Waals surface area contributed by atoms with Gasteiger partial charge in [0.1, 0.15) is 6.04 Å². The Balaban J connectivity index is 1.37. The van der Waals surface area contributed by atoms with Crippen LogP contribution in [0.2, 0.25) is 0 Å². The van der Waals surface area contributed by atoms with Crippen molar-refractivity contribution >= 4 is 28.7 Å². The topological polar surface area (TPSA) is 58.5 Å². The molecule has 0 saturated carbocycles. The van der Waals surface area contributed by atoms with E-state index in [2.05, 4.69) is 84.4 Å². The monoisotopic (exact) mass is 496 g/mol. The average molecular weight is 497 g/mol. The number of rotatable bonds is 6. The van der Waals surface area contributed by atoms with Crippen LogP contribution in [0.1, 0.15) is 29.2 Å². The van der Waals surface area contributed by atoms with Gasteiger partial charge in [-0.15, -0.1) is 0 Å². The summed E-state index contributed by atoms with van der Waals surface area (Å²) in [7, 11) is 0. The molecule has 0 radical (unpaired) electrons. The highest BCUT2D eigenvalue weighted by Gasteiger charge is 2.42. The zero-order valence-corrected chi connectivity index (χ0v) is 20.7. The molecule has 2 fully saturated rings. The van der Waals surface area contributed by atoms with Gasteiger partial charge in [-0.3, -0.25) is 9.97 Å². The number of pyridine rings is 2. The Labute approximate surface area is 216 Å². The van der Waals surface area contributed by atoms with Crippen LogP contribution in [0.15, 0.2) is 91.4 Å². The van der Waals surface area contributed by atoms with E-state index < -0.39 is 0 Å². The van der Waals surface area contributed by atoms with Gasteiger partial charge < -0.3 is 24.4 Å². The van der Waals surface area contributed by atoms with E-state index in [0.717, 1.165) is 49.1 Å². The standard InChI is InChI=1S/C28H28N6OS/c36-28-31-26(24-7-2-4-14-30-24)27(25-8-5-15-33(25)20-21-6-1-3-13-29-21)34(28)23-11-9-22(10-12-23)32-16-18-35-19-17-32/h1-15,26-27H,16-20H2,(H,31,36)/t26-,27-/m0/s1. The summed E-state index contributed by atoms with van der Waals surface area (Å²) < 4.78 is 7.77. The number of morpholine rings is 1. The minimum atomic E-state index is -0.0880. The largest absolute Gasteiger partial charge is 0.378 e. The van der Waals surface area contributed by atoms with Crippen LogP contribution in [0.5, 0.6) is 0 Å². The average Bonchev–Trinajstić information content (AvgIpc) is 3.53. The maximum absolute atomic E-state index is 5.92. The van der Waals surface area contributed by atoms with Gasteiger partial charge >= 0.3 is 0 Å². The van der Waals surface area contributed by atoms with Crippen molar-refractivity contribution in [3.8, 4) is 0 Å². The first-order valence-electron chi connectivity index (χ1n) is 12.3. The first-order valence-corrected chi connectivity index (χ1v) is 12.7. The fourth-order valence-electron chi connectivity index (χ4n) is 5.08. The second-order valence-electron chi connectivity index (χ2n) is 8.99. The summed E-state index contributed by atoms with van der Waals surface area (Å²) in [6, 6.07) is 24.9. The lowest BCUT2D eigenvalue weighted by Gasteiger charge is -2.31. The first-order chi connectivity index (χ1) is 17.8. The van der Waals surface area contributed by atoms with E-state index in [4.69, 9.17) is 17.0 Å². The third-order valence-electron chi connectivity index (χ3n) is 6.83. The molecule has 0 unspecified atom stereocenters. The van der Waals surface area contributed by atoms with Crippen LogP contribution < -0.4 is 15.1 Å². The molecule has 0 bridgehead atoms. The highest BCUT2D eigenvalue weighted by atomic mass is 32.1. The van der Waals surface area contributed by atoms with Crippen LogP contribution in [0.4, 0.5) is 11.4 Å². The van der Waals surface area contributed by atoms with Crippen LogP contribution in [-0.2, 0) is 11.3 Å². The number of hydrogen-bond acceptors (Lipinski definition) is 5. The van der Waals surface area contributed by atoms with Crippen LogP contribution in [0.3, 0.4) is 0 Å². The molecule has 2 aliphatic rings. The van der Waals surface area contributed by atoms with Gasteiger partial charge in [0, 0.05) is 48.7 Å². The molecule has 36 heavy (non-hydrogen) atoms. The van der Waals surface area contributed by atoms with E-state index >= 15 is 0 Å². The molecule has 6 rings (SSSR count). The summed E-state index contributed by atoms with van der Waals surface area (Å²) in [4.78, 5) is 13.8. The molecule has 1 aromatic carbocycles. The number of thiocarbonyl (C=S) groups is 1. The van der Waals surface area contributed by atoms with Gasteiger partial charge in [0.05, 0.1) is 37.2 Å². The second kappa shape index (κ2) is 10.1. The number of benzene rings is 1. The molecule has 0 amide bonds. The van der Waals surface area contributed by atoms with E-state index in [1.54, 1.807) is 0 Å². The van der Waals surface area contributed by atoms with Crippen molar-refractivity contribution in [1.29, 1.82) is 0 Å². The zero-order valence-electron chi connectivity index (χ0n) is 19.9. The van der Waals surface area contributed by atoms with Gasteiger partial charge in [-0.25, -0.2) is 0 Å². The zero-order chi connectivity index (χ0) is 24.3. The van der Waals surface area contributed by atoms with E-state index in [-0.39, 0.29) is 12.1 Å². The molecular formula is C28H28N6OS. The van der Waals surface area contributed by atoms with Gasteiger partial charge in [-0.1, -0.05) is 12.1 Å². The normalized spacial score (nSPS) is 19.9. The lowest BCUT2D eigenvalue weighted by Crippen LogP contribution is -2.36. The molecule has 0 spiro atoms. The van der Waals surface area contributed by atoms with E-state index in [0.29, 0.717) is 11.7 Å². The molecule has 2 atom stereocenters. The summed E-state index contributed by atoms with van der Waals surface area (Å²) in [6.45, 7) is 4.04. The van der Waals surface area contributed by atoms with Crippen molar-refractivity contribution < 1.29 is 4.74 Å². The van der Waals surface area contributed by atoms with Crippen LogP contribution in [0, 0.1) is 0 Å². The van der Waals surface area contributed by atoms with Gasteiger partial charge in [0.15, 0.2) is 5.11 Å². The summed E-state index contributed by atoms with van der Waals surface area (Å²) in [5.41, 5.74) is 5.39. The highest BCUT2D eigenvalue weighted by molar-refractivity contribution is 7.80. The Morgan fingerprint density at radius 2 is 1.61 bits per heavy atom. The van der Waals surface area contributed by atoms with Gasteiger partial charge in [-0.05, 0) is 72.9 Å². The quantitative estimate of drug-likeness (QED) is 0.399. The maximum Gasteiger partial charge on any atom is 0.174 e. The number of nitrogens with zero attached hydrogens (tertiary/aromatic N) is 5. The summed E-state index contributed by atoms with van der Waals surface area (Å²) in [5.74, 6) is 0. The second-order valence-corrected chi connectivity index (χ2v) is 9.38. The SMILES string of the molecule is S=C1N[C@@H](c2ccccn2)[C@H](c2cccn2Cc2ccccn2)N1c1ccc(N2CCOCC2)cc1. The Bertz CT molecular complexity index is 1300. The number of anilines is 2.